The van der Waals surface area contributed by atoms with Crippen LogP contribution in [0.3, 0.4) is 0 Å². The van der Waals surface area contributed by atoms with Crippen LogP contribution in [0.25, 0.3) is 11.3 Å². The molecule has 5 rings (SSSR count). The van der Waals surface area contributed by atoms with Crippen LogP contribution in [0.15, 0.2) is 61.2 Å². The van der Waals surface area contributed by atoms with Crippen LogP contribution in [0.2, 0.25) is 0 Å². The number of fused-ring (bicyclic) bond motifs is 1. The van der Waals surface area contributed by atoms with E-state index in [2.05, 4.69) is 16.8 Å². The normalized spacial score (nSPS) is 14.0. The van der Waals surface area contributed by atoms with E-state index in [1.165, 1.54) is 0 Å². The Labute approximate surface area is 251 Å². The van der Waals surface area contributed by atoms with Crippen molar-refractivity contribution in [2.24, 2.45) is 0 Å². The van der Waals surface area contributed by atoms with Gasteiger partial charge in [-0.3, -0.25) is 9.89 Å². The summed E-state index contributed by atoms with van der Waals surface area (Å²) >= 11 is 0. The Morgan fingerprint density at radius 2 is 1.77 bits per heavy atom. The van der Waals surface area contributed by atoms with Gasteiger partial charge in [-0.05, 0) is 79.8 Å². The summed E-state index contributed by atoms with van der Waals surface area (Å²) in [7, 11) is 3.20. The molecule has 1 aliphatic heterocycles. The highest BCUT2D eigenvalue weighted by Crippen LogP contribution is 2.47. The lowest BCUT2D eigenvalue weighted by Gasteiger charge is -2.27. The third-order valence-electron chi connectivity index (χ3n) is 7.59. The maximum absolute atomic E-state index is 14.0. The fourth-order valence-electron chi connectivity index (χ4n) is 5.73. The number of phenols is 1. The van der Waals surface area contributed by atoms with Gasteiger partial charge >= 0.3 is 0 Å². The number of rotatable bonds is 12. The molecular weight excluding hydrogens is 546 g/mol. The number of H-pyrrole nitrogens is 1. The molecule has 0 bridgehead atoms. The molecule has 0 saturated heterocycles. The Kier molecular flexibility index (Phi) is 8.61. The van der Waals surface area contributed by atoms with E-state index >= 15 is 0 Å². The minimum absolute atomic E-state index is 0.116. The molecule has 1 unspecified atom stereocenters. The minimum Gasteiger partial charge on any atom is -0.507 e. The van der Waals surface area contributed by atoms with Gasteiger partial charge in [0.2, 0.25) is 0 Å². The first-order chi connectivity index (χ1) is 20.8. The molecule has 2 heterocycles. The average Bonchev–Trinajstić information content (AvgIpc) is 3.53. The van der Waals surface area contributed by atoms with Gasteiger partial charge in [-0.2, -0.15) is 5.10 Å². The first kappa shape index (κ1) is 29.6. The molecular formula is C34H37N3O6. The smallest absolute Gasteiger partial charge is 0.273 e. The van der Waals surface area contributed by atoms with E-state index in [1.54, 1.807) is 26.4 Å². The second-order valence-electron chi connectivity index (χ2n) is 10.4. The van der Waals surface area contributed by atoms with Gasteiger partial charge in [0, 0.05) is 17.7 Å². The molecule has 4 aromatic rings. The van der Waals surface area contributed by atoms with Crippen molar-refractivity contribution >= 4 is 5.91 Å². The lowest BCUT2D eigenvalue weighted by Crippen LogP contribution is -2.31. The van der Waals surface area contributed by atoms with Gasteiger partial charge in [0.15, 0.2) is 23.0 Å². The molecule has 1 atom stereocenters. The zero-order valence-electron chi connectivity index (χ0n) is 25.2. The Morgan fingerprint density at radius 3 is 2.47 bits per heavy atom. The van der Waals surface area contributed by atoms with E-state index < -0.39 is 6.04 Å². The predicted octanol–water partition coefficient (Wildman–Crippen LogP) is 6.17. The van der Waals surface area contributed by atoms with Gasteiger partial charge in [-0.1, -0.05) is 30.9 Å². The summed E-state index contributed by atoms with van der Waals surface area (Å²) in [6.07, 6.45) is 2.25. The predicted molar refractivity (Wildman–Crippen MR) is 165 cm³/mol. The molecule has 0 spiro atoms. The highest BCUT2D eigenvalue weighted by Gasteiger charge is 2.43. The summed E-state index contributed by atoms with van der Waals surface area (Å²) < 4.78 is 22.7. The third-order valence-corrected chi connectivity index (χ3v) is 7.59. The molecule has 1 amide bonds. The maximum atomic E-state index is 14.0. The zero-order valence-corrected chi connectivity index (χ0v) is 25.2. The van der Waals surface area contributed by atoms with Gasteiger partial charge in [0.25, 0.3) is 5.91 Å². The third kappa shape index (κ3) is 5.62. The number of hydrogen-bond donors (Lipinski definition) is 2. The highest BCUT2D eigenvalue weighted by molar-refractivity contribution is 6.00. The number of aromatic amines is 1. The van der Waals surface area contributed by atoms with E-state index in [-0.39, 0.29) is 11.7 Å². The second-order valence-corrected chi connectivity index (χ2v) is 10.4. The molecule has 0 fully saturated rings. The number of benzene rings is 3. The first-order valence-corrected chi connectivity index (χ1v) is 14.2. The number of amides is 1. The fourth-order valence-corrected chi connectivity index (χ4v) is 5.73. The van der Waals surface area contributed by atoms with Crippen LogP contribution in [0.4, 0.5) is 0 Å². The molecule has 0 aliphatic carbocycles. The van der Waals surface area contributed by atoms with Crippen LogP contribution >= 0.6 is 0 Å². The Morgan fingerprint density at radius 1 is 1.00 bits per heavy atom. The maximum Gasteiger partial charge on any atom is 0.273 e. The summed E-state index contributed by atoms with van der Waals surface area (Å²) in [4.78, 5) is 15.8. The van der Waals surface area contributed by atoms with Crippen molar-refractivity contribution in [3.05, 3.63) is 94.7 Å². The largest absolute Gasteiger partial charge is 0.507 e. The first-order valence-electron chi connectivity index (χ1n) is 14.2. The average molecular weight is 584 g/mol. The second kappa shape index (κ2) is 12.5. The lowest BCUT2D eigenvalue weighted by molar-refractivity contribution is 0.0745. The number of aromatic hydroxyl groups is 1. The number of nitrogens with zero attached hydrogens (tertiary/aromatic N) is 2. The molecule has 0 radical (unpaired) electrons. The van der Waals surface area contributed by atoms with Gasteiger partial charge < -0.3 is 29.0 Å². The van der Waals surface area contributed by atoms with Crippen LogP contribution in [0.5, 0.6) is 28.7 Å². The number of phenolic OH excluding ortho intramolecular Hbond substituents is 1. The number of aromatic nitrogens is 2. The molecule has 3 aromatic carbocycles. The van der Waals surface area contributed by atoms with Gasteiger partial charge in [-0.25, -0.2) is 0 Å². The molecule has 43 heavy (non-hydrogen) atoms. The minimum atomic E-state index is -0.496. The number of ether oxygens (including phenoxy) is 4. The number of carbonyl (C=O) groups is 1. The van der Waals surface area contributed by atoms with Crippen molar-refractivity contribution in [2.75, 3.05) is 34.0 Å². The van der Waals surface area contributed by atoms with Gasteiger partial charge in [0.05, 0.1) is 26.9 Å². The van der Waals surface area contributed by atoms with E-state index in [4.69, 9.17) is 18.9 Å². The summed E-state index contributed by atoms with van der Waals surface area (Å²) in [5, 5.41) is 18.6. The van der Waals surface area contributed by atoms with E-state index in [0.29, 0.717) is 71.7 Å². The lowest BCUT2D eigenvalue weighted by atomic mass is 9.93. The van der Waals surface area contributed by atoms with Crippen molar-refractivity contribution in [1.29, 1.82) is 0 Å². The molecule has 1 aromatic heterocycles. The van der Waals surface area contributed by atoms with Crippen molar-refractivity contribution in [2.45, 2.75) is 33.2 Å². The summed E-state index contributed by atoms with van der Waals surface area (Å²) in [5.74, 6) is 2.37. The number of methoxy groups -OCH3 is 2. The van der Waals surface area contributed by atoms with E-state index in [0.717, 1.165) is 22.3 Å². The van der Waals surface area contributed by atoms with Gasteiger partial charge in [0.1, 0.15) is 23.7 Å². The van der Waals surface area contributed by atoms with Crippen LogP contribution in [0, 0.1) is 13.8 Å². The van der Waals surface area contributed by atoms with Crippen molar-refractivity contribution < 1.29 is 28.8 Å². The Hall–Kier alpha value is -4.92. The standard InChI is InChI=1S/C34H37N3O6/c1-7-15-43-26-12-10-23(19-28(26)42-8-2)33-30-31(29-21(4)16-20(3)17-24(29)38)35-36-32(30)34(39)37(33)14-13-22-9-11-25(40-5)27(18-22)41-6/h7,9-12,16-19,33,38H,1,8,13-15H2,2-6H3,(H,35,36). The summed E-state index contributed by atoms with van der Waals surface area (Å²) in [5.41, 5.74) is 5.88. The Bertz CT molecular complexity index is 1640. The molecule has 9 nitrogen and oxygen atoms in total. The van der Waals surface area contributed by atoms with Crippen molar-refractivity contribution in [1.82, 2.24) is 15.1 Å². The molecule has 224 valence electrons. The zero-order chi connectivity index (χ0) is 30.7. The summed E-state index contributed by atoms with van der Waals surface area (Å²) in [6, 6.07) is 14.7. The van der Waals surface area contributed by atoms with E-state index in [9.17, 15) is 9.90 Å². The van der Waals surface area contributed by atoms with Crippen LogP contribution in [-0.4, -0.2) is 60.1 Å². The quantitative estimate of drug-likeness (QED) is 0.192. The summed E-state index contributed by atoms with van der Waals surface area (Å²) in [6.45, 7) is 10.7. The molecule has 9 heteroatoms. The fraction of sp³-hybridized carbons (Fsp3) is 0.294. The topological polar surface area (TPSA) is 106 Å². The van der Waals surface area contributed by atoms with Crippen LogP contribution in [-0.2, 0) is 6.42 Å². The Balaban J connectivity index is 1.61. The number of aryl methyl sites for hydroxylation is 2. The number of hydrogen-bond acceptors (Lipinski definition) is 7. The van der Waals surface area contributed by atoms with E-state index in [1.807, 2.05) is 68.1 Å². The van der Waals surface area contributed by atoms with Crippen molar-refractivity contribution in [3.63, 3.8) is 0 Å². The number of carbonyl (C=O) groups excluding carboxylic acids is 1. The van der Waals surface area contributed by atoms with Crippen molar-refractivity contribution in [3.8, 4) is 40.0 Å². The number of nitrogens with one attached hydrogen (secondary N) is 1. The van der Waals surface area contributed by atoms with Gasteiger partial charge in [-0.15, -0.1) is 0 Å². The monoisotopic (exact) mass is 583 g/mol. The molecule has 1 aliphatic rings. The highest BCUT2D eigenvalue weighted by atomic mass is 16.5. The molecule has 0 saturated carbocycles. The SMILES string of the molecule is C=CCOc1ccc(C2c3c(-c4c(C)cc(C)cc4O)n[nH]c3C(=O)N2CCc2ccc(OC)c(OC)c2)cc1OCC. The van der Waals surface area contributed by atoms with Crippen LogP contribution in [0.1, 0.15) is 51.3 Å². The van der Waals surface area contributed by atoms with Crippen LogP contribution < -0.4 is 18.9 Å². The molecule has 2 N–H and O–H groups in total.